The normalized spacial score (nSPS) is 10.8. The molecule has 0 aliphatic heterocycles. The van der Waals surface area contributed by atoms with Crippen molar-refractivity contribution >= 4 is 22.7 Å². The molecule has 31 heavy (non-hydrogen) atoms. The van der Waals surface area contributed by atoms with E-state index in [1.54, 1.807) is 43.4 Å². The van der Waals surface area contributed by atoms with Gasteiger partial charge < -0.3 is 9.15 Å². The van der Waals surface area contributed by atoms with Gasteiger partial charge in [-0.25, -0.2) is 14.0 Å². The zero-order valence-corrected chi connectivity index (χ0v) is 17.1. The van der Waals surface area contributed by atoms with Gasteiger partial charge in [0.25, 0.3) is 0 Å². The van der Waals surface area contributed by atoms with Gasteiger partial charge in [0, 0.05) is 36.2 Å². The van der Waals surface area contributed by atoms with Gasteiger partial charge in [0.1, 0.15) is 17.1 Å². The summed E-state index contributed by atoms with van der Waals surface area (Å²) in [6.07, 6.45) is -0.222. The Labute approximate surface area is 178 Å². The lowest BCUT2D eigenvalue weighted by molar-refractivity contribution is 0.209. The van der Waals surface area contributed by atoms with Crippen LogP contribution in [-0.2, 0) is 6.42 Å². The zero-order valence-electron chi connectivity index (χ0n) is 17.1. The highest BCUT2D eigenvalue weighted by Gasteiger charge is 2.16. The fourth-order valence-electron chi connectivity index (χ4n) is 3.37. The second-order valence-electron chi connectivity index (χ2n) is 7.22. The van der Waals surface area contributed by atoms with E-state index in [-0.39, 0.29) is 11.6 Å². The van der Waals surface area contributed by atoms with E-state index >= 15 is 0 Å². The number of carbonyl (C=O) groups excluding carboxylic acids is 1. The predicted molar refractivity (Wildman–Crippen MR) is 117 cm³/mol. The van der Waals surface area contributed by atoms with Crippen LogP contribution in [0.25, 0.3) is 11.0 Å². The number of carbonyl (C=O) groups is 1. The first kappa shape index (κ1) is 20.3. The molecule has 0 unspecified atom stereocenters. The third kappa shape index (κ3) is 4.33. The first-order chi connectivity index (χ1) is 14.9. The van der Waals surface area contributed by atoms with Gasteiger partial charge in [0.2, 0.25) is 0 Å². The topological polar surface area (TPSA) is 59.8 Å². The largest absolute Gasteiger partial charge is 0.422 e. The van der Waals surface area contributed by atoms with E-state index in [1.165, 1.54) is 23.1 Å². The van der Waals surface area contributed by atoms with Crippen molar-refractivity contribution in [2.75, 3.05) is 11.9 Å². The molecule has 4 aromatic rings. The van der Waals surface area contributed by atoms with Gasteiger partial charge in [0.15, 0.2) is 0 Å². The number of fused-ring (bicyclic) bond motifs is 1. The number of benzene rings is 3. The van der Waals surface area contributed by atoms with Crippen LogP contribution in [0.3, 0.4) is 0 Å². The van der Waals surface area contributed by atoms with E-state index in [2.05, 4.69) is 0 Å². The molecule has 1 heterocycles. The molecule has 0 saturated carbocycles. The summed E-state index contributed by atoms with van der Waals surface area (Å²) in [6.45, 7) is 1.84. The lowest BCUT2D eigenvalue weighted by atomic mass is 9.99. The number of hydrogen-bond acceptors (Lipinski definition) is 4. The number of halogens is 1. The molecule has 0 saturated heterocycles. The third-order valence-electron chi connectivity index (χ3n) is 5.18. The monoisotopic (exact) mass is 417 g/mol. The smallest absolute Gasteiger partial charge is 0.419 e. The van der Waals surface area contributed by atoms with Crippen molar-refractivity contribution < 1.29 is 18.3 Å². The molecule has 0 aliphatic rings. The third-order valence-corrected chi connectivity index (χ3v) is 5.18. The van der Waals surface area contributed by atoms with Gasteiger partial charge in [-0.1, -0.05) is 30.3 Å². The molecule has 156 valence electrons. The summed E-state index contributed by atoms with van der Waals surface area (Å²) in [5.74, 6) is -0.0554. The van der Waals surface area contributed by atoms with Crippen LogP contribution >= 0.6 is 0 Å². The number of amides is 1. The summed E-state index contributed by atoms with van der Waals surface area (Å²) < 4.78 is 24.1. The summed E-state index contributed by atoms with van der Waals surface area (Å²) in [6, 6.07) is 20.1. The lowest BCUT2D eigenvalue weighted by Crippen LogP contribution is -2.29. The molecule has 1 amide bonds. The average Bonchev–Trinajstić information content (AvgIpc) is 2.77. The lowest BCUT2D eigenvalue weighted by Gasteiger charge is -2.17. The highest BCUT2D eigenvalue weighted by atomic mass is 19.1. The molecule has 0 bridgehead atoms. The van der Waals surface area contributed by atoms with E-state index in [0.29, 0.717) is 23.3 Å². The average molecular weight is 417 g/mol. The van der Waals surface area contributed by atoms with Crippen molar-refractivity contribution in [1.29, 1.82) is 0 Å². The molecule has 5 nitrogen and oxygen atoms in total. The molecule has 3 aromatic carbocycles. The van der Waals surface area contributed by atoms with Crippen molar-refractivity contribution in [2.24, 2.45) is 0 Å². The minimum absolute atomic E-state index is 0.272. The van der Waals surface area contributed by atoms with E-state index in [9.17, 15) is 14.0 Å². The number of aryl methyl sites for hydroxylation is 1. The first-order valence-electron chi connectivity index (χ1n) is 9.74. The number of anilines is 1. The molecule has 0 radical (unpaired) electrons. The van der Waals surface area contributed by atoms with Gasteiger partial charge in [-0.3, -0.25) is 4.90 Å². The summed E-state index contributed by atoms with van der Waals surface area (Å²) in [5, 5.41) is 0.743. The summed E-state index contributed by atoms with van der Waals surface area (Å²) in [7, 11) is 1.62. The van der Waals surface area contributed by atoms with Crippen LogP contribution < -0.4 is 15.3 Å². The van der Waals surface area contributed by atoms with Crippen molar-refractivity contribution in [1.82, 2.24) is 0 Å². The van der Waals surface area contributed by atoms with Gasteiger partial charge in [0.05, 0.1) is 0 Å². The molecular weight excluding hydrogens is 397 g/mol. The second-order valence-corrected chi connectivity index (χ2v) is 7.22. The Balaban J connectivity index is 1.60. The van der Waals surface area contributed by atoms with Crippen molar-refractivity contribution in [3.63, 3.8) is 0 Å². The van der Waals surface area contributed by atoms with Crippen molar-refractivity contribution in [3.8, 4) is 5.75 Å². The SMILES string of the molecule is Cc1c(Cc2ccc(F)cc2)c(=O)oc2cc(OC(=O)N(C)c3ccccc3)ccc12. The molecule has 0 fully saturated rings. The quantitative estimate of drug-likeness (QED) is 0.413. The highest BCUT2D eigenvalue weighted by molar-refractivity contribution is 5.89. The fraction of sp³-hybridized carbons (Fsp3) is 0.120. The van der Waals surface area contributed by atoms with Crippen LogP contribution in [0.15, 0.2) is 82.0 Å². The molecular formula is C25H20FNO4. The predicted octanol–water partition coefficient (Wildman–Crippen LogP) is 5.47. The Morgan fingerprint density at radius 2 is 1.74 bits per heavy atom. The summed E-state index contributed by atoms with van der Waals surface area (Å²) >= 11 is 0. The second kappa shape index (κ2) is 8.44. The van der Waals surface area contributed by atoms with Gasteiger partial charge >= 0.3 is 11.7 Å². The number of nitrogens with zero attached hydrogens (tertiary/aromatic N) is 1. The van der Waals surface area contributed by atoms with Crippen LogP contribution in [0.5, 0.6) is 5.75 Å². The fourth-order valence-corrected chi connectivity index (χ4v) is 3.37. The molecule has 0 spiro atoms. The van der Waals surface area contributed by atoms with E-state index < -0.39 is 11.7 Å². The van der Waals surface area contributed by atoms with Crippen molar-refractivity contribution in [3.05, 3.63) is 106 Å². The van der Waals surface area contributed by atoms with E-state index in [0.717, 1.165) is 16.5 Å². The van der Waals surface area contributed by atoms with Crippen LogP contribution in [0.1, 0.15) is 16.7 Å². The molecule has 4 rings (SSSR count). The molecule has 0 atom stereocenters. The Hall–Kier alpha value is -3.93. The Kier molecular flexibility index (Phi) is 5.54. The maximum absolute atomic E-state index is 13.1. The minimum Gasteiger partial charge on any atom is -0.422 e. The van der Waals surface area contributed by atoms with Gasteiger partial charge in [-0.15, -0.1) is 0 Å². The zero-order chi connectivity index (χ0) is 22.0. The summed E-state index contributed by atoms with van der Waals surface area (Å²) in [4.78, 5) is 26.4. The first-order valence-corrected chi connectivity index (χ1v) is 9.74. The molecule has 0 N–H and O–H groups in total. The van der Waals surface area contributed by atoms with Gasteiger partial charge in [-0.05, 0) is 54.4 Å². The maximum atomic E-state index is 13.1. The molecule has 0 aliphatic carbocycles. The Morgan fingerprint density at radius 1 is 1.03 bits per heavy atom. The van der Waals surface area contributed by atoms with Crippen LogP contribution in [0, 0.1) is 12.7 Å². The van der Waals surface area contributed by atoms with E-state index in [4.69, 9.17) is 9.15 Å². The Bertz CT molecular complexity index is 1300. The Morgan fingerprint density at radius 3 is 2.45 bits per heavy atom. The molecule has 1 aromatic heterocycles. The van der Waals surface area contributed by atoms with Crippen LogP contribution in [-0.4, -0.2) is 13.1 Å². The van der Waals surface area contributed by atoms with Crippen molar-refractivity contribution in [2.45, 2.75) is 13.3 Å². The number of hydrogen-bond donors (Lipinski definition) is 0. The standard InChI is InChI=1S/C25H20FNO4/c1-16-21-13-12-20(30-25(29)27(2)19-6-4-3-5-7-19)15-23(21)31-24(28)22(16)14-17-8-10-18(26)11-9-17/h3-13,15H,14H2,1-2H3. The van der Waals surface area contributed by atoms with Gasteiger partial charge in [-0.2, -0.15) is 0 Å². The number of para-hydroxylation sites is 1. The molecule has 6 heteroatoms. The highest BCUT2D eigenvalue weighted by Crippen LogP contribution is 2.26. The number of ether oxygens (including phenoxy) is 1. The summed E-state index contributed by atoms with van der Waals surface area (Å²) in [5.41, 5.74) is 2.64. The van der Waals surface area contributed by atoms with Crippen LogP contribution in [0.2, 0.25) is 0 Å². The maximum Gasteiger partial charge on any atom is 0.419 e. The number of rotatable bonds is 4. The van der Waals surface area contributed by atoms with E-state index in [1.807, 2.05) is 25.1 Å². The van der Waals surface area contributed by atoms with Crippen LogP contribution in [0.4, 0.5) is 14.9 Å². The minimum atomic E-state index is -0.558.